The summed E-state index contributed by atoms with van der Waals surface area (Å²) in [6.45, 7) is 2.48. The number of aryl methyl sites for hydroxylation is 1. The molecule has 0 aliphatic rings. The molecule has 154 valence electrons. The average Bonchev–Trinajstić information content (AvgIpc) is 3.47. The Balaban J connectivity index is 1.68. The SMILES string of the molecule is CCCCc1nc(Cl)c(C(=O)O)n1Cc1ccc(-c2ccccc2-c2nn[nH]n2)s1. The molecule has 0 spiro atoms. The summed E-state index contributed by atoms with van der Waals surface area (Å²) in [6, 6.07) is 11.8. The fourth-order valence-corrected chi connectivity index (χ4v) is 4.62. The zero-order valence-corrected chi connectivity index (χ0v) is 17.7. The van der Waals surface area contributed by atoms with Gasteiger partial charge in [0.15, 0.2) is 10.8 Å². The first-order valence-corrected chi connectivity index (χ1v) is 10.7. The molecule has 8 nitrogen and oxygen atoms in total. The number of tetrazole rings is 1. The van der Waals surface area contributed by atoms with Crippen molar-refractivity contribution >= 4 is 28.9 Å². The molecule has 0 fully saturated rings. The number of nitrogens with one attached hydrogen (secondary N) is 1. The minimum absolute atomic E-state index is 0.0323. The van der Waals surface area contributed by atoms with Gasteiger partial charge in [0.2, 0.25) is 5.82 Å². The normalized spacial score (nSPS) is 11.1. The quantitative estimate of drug-likeness (QED) is 0.414. The number of H-pyrrole nitrogens is 1. The Morgan fingerprint density at radius 1 is 1.23 bits per heavy atom. The number of aromatic nitrogens is 6. The van der Waals surface area contributed by atoms with Crippen molar-refractivity contribution in [2.75, 3.05) is 0 Å². The van der Waals surface area contributed by atoms with Crippen molar-refractivity contribution in [1.29, 1.82) is 0 Å². The van der Waals surface area contributed by atoms with E-state index in [1.807, 2.05) is 36.4 Å². The largest absolute Gasteiger partial charge is 0.476 e. The number of aromatic carboxylic acids is 1. The number of thiophene rings is 1. The van der Waals surface area contributed by atoms with E-state index in [-0.39, 0.29) is 10.8 Å². The van der Waals surface area contributed by atoms with Gasteiger partial charge >= 0.3 is 5.97 Å². The molecule has 0 saturated heterocycles. The first-order chi connectivity index (χ1) is 14.6. The molecule has 0 aliphatic heterocycles. The van der Waals surface area contributed by atoms with Gasteiger partial charge in [0.25, 0.3) is 0 Å². The molecule has 0 unspecified atom stereocenters. The van der Waals surface area contributed by atoms with Crippen LogP contribution in [0.4, 0.5) is 0 Å². The van der Waals surface area contributed by atoms with E-state index in [1.165, 1.54) is 0 Å². The van der Waals surface area contributed by atoms with Gasteiger partial charge in [-0.15, -0.1) is 21.5 Å². The molecule has 3 heterocycles. The molecule has 0 atom stereocenters. The summed E-state index contributed by atoms with van der Waals surface area (Å²) < 4.78 is 1.71. The fraction of sp³-hybridized carbons (Fsp3) is 0.250. The summed E-state index contributed by atoms with van der Waals surface area (Å²) in [5.41, 5.74) is 1.90. The highest BCUT2D eigenvalue weighted by atomic mass is 35.5. The molecule has 0 radical (unpaired) electrons. The summed E-state index contributed by atoms with van der Waals surface area (Å²) in [6.07, 6.45) is 2.59. The van der Waals surface area contributed by atoms with Crippen LogP contribution in [0.15, 0.2) is 36.4 Å². The van der Waals surface area contributed by atoms with Crippen LogP contribution >= 0.6 is 22.9 Å². The van der Waals surface area contributed by atoms with Gasteiger partial charge in [0.1, 0.15) is 5.82 Å². The molecular formula is C20H19ClN6O2S. The smallest absolute Gasteiger partial charge is 0.355 e. The number of unbranched alkanes of at least 4 members (excludes halogenated alkanes) is 1. The van der Waals surface area contributed by atoms with Crippen molar-refractivity contribution in [2.45, 2.75) is 32.7 Å². The van der Waals surface area contributed by atoms with Crippen molar-refractivity contribution in [3.8, 4) is 21.8 Å². The van der Waals surface area contributed by atoms with Crippen LogP contribution < -0.4 is 0 Å². The number of imidazole rings is 1. The van der Waals surface area contributed by atoms with Gasteiger partial charge in [-0.1, -0.05) is 49.2 Å². The van der Waals surface area contributed by atoms with Crippen LogP contribution in [0.25, 0.3) is 21.8 Å². The predicted octanol–water partition coefficient (Wildman–Crippen LogP) is 4.53. The maximum atomic E-state index is 11.8. The fourth-order valence-electron chi connectivity index (χ4n) is 3.30. The Kier molecular flexibility index (Phi) is 5.91. The minimum Gasteiger partial charge on any atom is -0.476 e. The zero-order chi connectivity index (χ0) is 21.1. The van der Waals surface area contributed by atoms with Gasteiger partial charge in [-0.2, -0.15) is 5.21 Å². The Hall–Kier alpha value is -3.04. The second-order valence-electron chi connectivity index (χ2n) is 6.71. The Bertz CT molecular complexity index is 1170. The number of carboxylic acid groups (broad SMARTS) is 1. The molecule has 2 N–H and O–H groups in total. The number of nitrogens with zero attached hydrogens (tertiary/aromatic N) is 5. The van der Waals surface area contributed by atoms with Crippen LogP contribution in [0.1, 0.15) is 41.0 Å². The highest BCUT2D eigenvalue weighted by Crippen LogP contribution is 2.35. The molecular weight excluding hydrogens is 424 g/mol. The first kappa shape index (κ1) is 20.2. The molecule has 4 rings (SSSR count). The van der Waals surface area contributed by atoms with Gasteiger partial charge in [-0.25, -0.2) is 9.78 Å². The molecule has 30 heavy (non-hydrogen) atoms. The maximum Gasteiger partial charge on any atom is 0.355 e. The number of hydrogen-bond acceptors (Lipinski definition) is 6. The van der Waals surface area contributed by atoms with Crippen LogP contribution in [0.3, 0.4) is 0 Å². The van der Waals surface area contributed by atoms with E-state index in [0.717, 1.165) is 33.7 Å². The first-order valence-electron chi connectivity index (χ1n) is 9.48. The summed E-state index contributed by atoms with van der Waals surface area (Å²) in [5.74, 6) is 0.146. The lowest BCUT2D eigenvalue weighted by Gasteiger charge is -2.09. The van der Waals surface area contributed by atoms with Crippen LogP contribution in [-0.4, -0.2) is 41.3 Å². The van der Waals surface area contributed by atoms with Gasteiger partial charge in [-0.05, 0) is 23.8 Å². The van der Waals surface area contributed by atoms with E-state index in [1.54, 1.807) is 15.9 Å². The van der Waals surface area contributed by atoms with E-state index < -0.39 is 5.97 Å². The summed E-state index contributed by atoms with van der Waals surface area (Å²) in [7, 11) is 0. The third kappa shape index (κ3) is 3.99. The number of carbonyl (C=O) groups is 1. The highest BCUT2D eigenvalue weighted by Gasteiger charge is 2.22. The molecule has 0 bridgehead atoms. The van der Waals surface area contributed by atoms with E-state index in [2.05, 4.69) is 32.5 Å². The van der Waals surface area contributed by atoms with Gasteiger partial charge in [0.05, 0.1) is 6.54 Å². The lowest BCUT2D eigenvalue weighted by Crippen LogP contribution is -2.12. The van der Waals surface area contributed by atoms with Crippen LogP contribution in [0, 0.1) is 0 Å². The van der Waals surface area contributed by atoms with E-state index >= 15 is 0 Å². The number of rotatable bonds is 8. The van der Waals surface area contributed by atoms with Crippen molar-refractivity contribution in [3.63, 3.8) is 0 Å². The summed E-state index contributed by atoms with van der Waals surface area (Å²) in [5, 5.41) is 24.0. The second-order valence-corrected chi connectivity index (χ2v) is 8.24. The lowest BCUT2D eigenvalue weighted by atomic mass is 10.1. The van der Waals surface area contributed by atoms with Crippen molar-refractivity contribution in [3.05, 3.63) is 57.9 Å². The van der Waals surface area contributed by atoms with Crippen LogP contribution in [0.2, 0.25) is 5.15 Å². The maximum absolute atomic E-state index is 11.8. The van der Waals surface area contributed by atoms with Crippen molar-refractivity contribution in [1.82, 2.24) is 30.2 Å². The predicted molar refractivity (Wildman–Crippen MR) is 115 cm³/mol. The van der Waals surface area contributed by atoms with E-state index in [4.69, 9.17) is 11.6 Å². The Morgan fingerprint density at radius 2 is 2.03 bits per heavy atom. The number of benzene rings is 1. The molecule has 10 heteroatoms. The third-order valence-electron chi connectivity index (χ3n) is 4.71. The van der Waals surface area contributed by atoms with Gasteiger partial charge in [-0.3, -0.25) is 0 Å². The van der Waals surface area contributed by atoms with E-state index in [9.17, 15) is 9.90 Å². The second kappa shape index (κ2) is 8.76. The summed E-state index contributed by atoms with van der Waals surface area (Å²) >= 11 is 7.72. The summed E-state index contributed by atoms with van der Waals surface area (Å²) in [4.78, 5) is 18.1. The van der Waals surface area contributed by atoms with Crippen LogP contribution in [-0.2, 0) is 13.0 Å². The molecule has 4 aromatic rings. The number of aromatic amines is 1. The van der Waals surface area contributed by atoms with Crippen molar-refractivity contribution in [2.24, 2.45) is 0 Å². The molecule has 1 aromatic carbocycles. The molecule has 0 amide bonds. The van der Waals surface area contributed by atoms with Gasteiger partial charge in [0, 0.05) is 27.3 Å². The third-order valence-corrected chi connectivity index (χ3v) is 6.08. The number of halogens is 1. The lowest BCUT2D eigenvalue weighted by molar-refractivity contribution is 0.0685. The highest BCUT2D eigenvalue weighted by molar-refractivity contribution is 7.15. The zero-order valence-electron chi connectivity index (χ0n) is 16.2. The minimum atomic E-state index is -1.07. The Labute approximate surface area is 181 Å². The van der Waals surface area contributed by atoms with Crippen LogP contribution in [0.5, 0.6) is 0 Å². The molecule has 3 aromatic heterocycles. The molecule has 0 aliphatic carbocycles. The standard InChI is InChI=1S/C20H19ClN6O2S/c1-2-3-8-16-22-18(21)17(20(28)29)27(16)11-12-9-10-15(30-12)13-6-4-5-7-14(13)19-23-25-26-24-19/h4-7,9-10H,2-3,8,11H2,1H3,(H,28,29)(H,23,24,25,26). The average molecular weight is 443 g/mol. The molecule has 0 saturated carbocycles. The van der Waals surface area contributed by atoms with Crippen molar-refractivity contribution < 1.29 is 9.90 Å². The Morgan fingerprint density at radius 3 is 2.73 bits per heavy atom. The van der Waals surface area contributed by atoms with Gasteiger partial charge < -0.3 is 9.67 Å². The number of hydrogen-bond donors (Lipinski definition) is 2. The monoisotopic (exact) mass is 442 g/mol. The topological polar surface area (TPSA) is 110 Å². The number of carboxylic acids is 1. The van der Waals surface area contributed by atoms with E-state index in [0.29, 0.717) is 24.6 Å².